The second kappa shape index (κ2) is 4.77. The van der Waals surface area contributed by atoms with Gasteiger partial charge >= 0.3 is 0 Å². The molecular formula is C18H26N2. The molecule has 2 fully saturated rings. The van der Waals surface area contributed by atoms with Gasteiger partial charge in [0.05, 0.1) is 0 Å². The van der Waals surface area contributed by atoms with E-state index in [1.807, 2.05) is 0 Å². The third kappa shape index (κ3) is 2.05. The van der Waals surface area contributed by atoms with Gasteiger partial charge < -0.3 is 5.73 Å². The highest BCUT2D eigenvalue weighted by molar-refractivity contribution is 5.48. The smallest absolute Gasteiger partial charge is 0.0354 e. The molecule has 2 aliphatic carbocycles. The molecule has 108 valence electrons. The summed E-state index contributed by atoms with van der Waals surface area (Å²) in [6.45, 7) is 2.70. The number of nitrogens with two attached hydrogens (primary N) is 1. The molecule has 2 nitrogen and oxygen atoms in total. The van der Waals surface area contributed by atoms with E-state index in [0.717, 1.165) is 5.69 Å². The predicted molar refractivity (Wildman–Crippen MR) is 83.6 cm³/mol. The third-order valence-electron chi connectivity index (χ3n) is 5.90. The summed E-state index contributed by atoms with van der Waals surface area (Å²) in [4.78, 5) is 2.74. The highest BCUT2D eigenvalue weighted by atomic mass is 15.2. The topological polar surface area (TPSA) is 29.3 Å². The number of nitrogen functional groups attached to an aromatic ring is 1. The van der Waals surface area contributed by atoms with Crippen LogP contribution >= 0.6 is 0 Å². The molecule has 1 saturated heterocycles. The Bertz CT molecular complexity index is 492. The zero-order chi connectivity index (χ0) is 13.6. The molecule has 1 unspecified atom stereocenters. The van der Waals surface area contributed by atoms with Crippen LogP contribution in [0.15, 0.2) is 18.2 Å². The van der Waals surface area contributed by atoms with Crippen LogP contribution in [0.1, 0.15) is 62.1 Å². The normalized spacial score (nSPS) is 28.9. The molecule has 1 aliphatic heterocycles. The number of rotatable bonds is 1. The van der Waals surface area contributed by atoms with E-state index < -0.39 is 0 Å². The zero-order valence-corrected chi connectivity index (χ0v) is 12.4. The van der Waals surface area contributed by atoms with Crippen LogP contribution in [-0.2, 0) is 6.42 Å². The Morgan fingerprint density at radius 1 is 1.05 bits per heavy atom. The van der Waals surface area contributed by atoms with Gasteiger partial charge in [0.15, 0.2) is 0 Å². The van der Waals surface area contributed by atoms with Crippen molar-refractivity contribution in [2.24, 2.45) is 5.41 Å². The largest absolute Gasteiger partial charge is 0.399 e. The Morgan fingerprint density at radius 2 is 1.80 bits per heavy atom. The minimum atomic E-state index is 0.680. The summed E-state index contributed by atoms with van der Waals surface area (Å²) in [6, 6.07) is 7.23. The molecule has 1 atom stereocenters. The summed E-state index contributed by atoms with van der Waals surface area (Å²) >= 11 is 0. The van der Waals surface area contributed by atoms with Crippen molar-refractivity contribution in [3.8, 4) is 0 Å². The number of fused-ring (bicyclic) bond motifs is 1. The summed E-state index contributed by atoms with van der Waals surface area (Å²) in [5, 5.41) is 0. The van der Waals surface area contributed by atoms with Crippen LogP contribution in [0.25, 0.3) is 0 Å². The van der Waals surface area contributed by atoms with E-state index in [0.29, 0.717) is 11.5 Å². The summed E-state index contributed by atoms with van der Waals surface area (Å²) in [6.07, 6.45) is 11.3. The second-order valence-corrected chi connectivity index (χ2v) is 7.33. The summed E-state index contributed by atoms with van der Waals surface area (Å²) in [5.41, 5.74) is 10.6. The minimum Gasteiger partial charge on any atom is -0.399 e. The fraction of sp³-hybridized carbons (Fsp3) is 0.667. The van der Waals surface area contributed by atoms with E-state index in [1.165, 1.54) is 70.0 Å². The van der Waals surface area contributed by atoms with E-state index in [2.05, 4.69) is 23.1 Å². The number of aryl methyl sites for hydroxylation is 1. The third-order valence-corrected chi connectivity index (χ3v) is 5.90. The number of likely N-dealkylation sites (tertiary alicyclic amines) is 1. The van der Waals surface area contributed by atoms with E-state index >= 15 is 0 Å². The van der Waals surface area contributed by atoms with Gasteiger partial charge in [-0.15, -0.1) is 0 Å². The minimum absolute atomic E-state index is 0.680. The van der Waals surface area contributed by atoms with E-state index in [-0.39, 0.29) is 0 Å². The van der Waals surface area contributed by atoms with Crippen LogP contribution in [0.5, 0.6) is 0 Å². The van der Waals surface area contributed by atoms with Gasteiger partial charge in [-0.3, -0.25) is 4.90 Å². The molecule has 0 bridgehead atoms. The monoisotopic (exact) mass is 270 g/mol. The van der Waals surface area contributed by atoms with Crippen LogP contribution < -0.4 is 5.73 Å². The second-order valence-electron chi connectivity index (χ2n) is 7.33. The van der Waals surface area contributed by atoms with Crippen LogP contribution in [0.2, 0.25) is 0 Å². The maximum Gasteiger partial charge on any atom is 0.0354 e. The molecule has 20 heavy (non-hydrogen) atoms. The standard InChI is InChI=1S/C18H26N2/c19-15-6-7-16-14(11-15)5-8-17(16)20-12-18(13-20)9-3-1-2-4-10-18/h6-7,11,17H,1-5,8-10,12-13,19H2. The lowest BCUT2D eigenvalue weighted by Crippen LogP contribution is -2.56. The Labute approximate surface area is 122 Å². The maximum absolute atomic E-state index is 5.91. The highest BCUT2D eigenvalue weighted by Gasteiger charge is 2.46. The average Bonchev–Trinajstić information content (AvgIpc) is 2.65. The Kier molecular flexibility index (Phi) is 3.03. The van der Waals surface area contributed by atoms with Crippen LogP contribution in [0.4, 0.5) is 5.69 Å². The first kappa shape index (κ1) is 12.7. The molecule has 2 heteroatoms. The van der Waals surface area contributed by atoms with Gasteiger partial charge in [0.1, 0.15) is 0 Å². The van der Waals surface area contributed by atoms with Crippen molar-refractivity contribution in [3.63, 3.8) is 0 Å². The fourth-order valence-corrected chi connectivity index (χ4v) is 4.82. The molecule has 0 amide bonds. The molecule has 1 saturated carbocycles. The van der Waals surface area contributed by atoms with Crippen LogP contribution in [0.3, 0.4) is 0 Å². The molecule has 3 aliphatic rings. The van der Waals surface area contributed by atoms with Crippen LogP contribution in [0, 0.1) is 5.41 Å². The van der Waals surface area contributed by atoms with Crippen molar-refractivity contribution < 1.29 is 0 Å². The van der Waals surface area contributed by atoms with Crippen molar-refractivity contribution in [2.75, 3.05) is 18.8 Å². The summed E-state index contributed by atoms with van der Waals surface area (Å²) < 4.78 is 0. The lowest BCUT2D eigenvalue weighted by Gasteiger charge is -2.53. The molecule has 0 aromatic heterocycles. The van der Waals surface area contributed by atoms with Gasteiger partial charge in [-0.1, -0.05) is 31.7 Å². The van der Waals surface area contributed by atoms with Gasteiger partial charge in [0.25, 0.3) is 0 Å². The fourth-order valence-electron chi connectivity index (χ4n) is 4.82. The Morgan fingerprint density at radius 3 is 2.55 bits per heavy atom. The van der Waals surface area contributed by atoms with Gasteiger partial charge in [-0.2, -0.15) is 0 Å². The molecule has 4 rings (SSSR count). The number of hydrogen-bond acceptors (Lipinski definition) is 2. The van der Waals surface area contributed by atoms with Gasteiger partial charge in [-0.25, -0.2) is 0 Å². The van der Waals surface area contributed by atoms with Crippen LogP contribution in [-0.4, -0.2) is 18.0 Å². The lowest BCUT2D eigenvalue weighted by atomic mass is 9.72. The number of anilines is 1. The van der Waals surface area contributed by atoms with E-state index in [1.54, 1.807) is 5.56 Å². The van der Waals surface area contributed by atoms with Gasteiger partial charge in [-0.05, 0) is 54.4 Å². The molecule has 1 spiro atoms. The van der Waals surface area contributed by atoms with Crippen molar-refractivity contribution >= 4 is 5.69 Å². The SMILES string of the molecule is Nc1ccc2c(c1)CCC2N1CC2(CCCCCC2)C1. The van der Waals surface area contributed by atoms with Crippen molar-refractivity contribution in [3.05, 3.63) is 29.3 Å². The highest BCUT2D eigenvalue weighted by Crippen LogP contribution is 2.48. The quantitative estimate of drug-likeness (QED) is 0.784. The van der Waals surface area contributed by atoms with Crippen molar-refractivity contribution in [1.82, 2.24) is 4.90 Å². The molecule has 1 aromatic rings. The Hall–Kier alpha value is -1.02. The number of hydrogen-bond donors (Lipinski definition) is 1. The Balaban J connectivity index is 1.47. The molecule has 1 heterocycles. The molecule has 1 aromatic carbocycles. The first-order chi connectivity index (χ1) is 9.76. The first-order valence-electron chi connectivity index (χ1n) is 8.38. The van der Waals surface area contributed by atoms with Gasteiger partial charge in [0, 0.05) is 24.8 Å². The van der Waals surface area contributed by atoms with Crippen molar-refractivity contribution in [1.29, 1.82) is 0 Å². The summed E-state index contributed by atoms with van der Waals surface area (Å²) in [5.74, 6) is 0. The average molecular weight is 270 g/mol. The van der Waals surface area contributed by atoms with Gasteiger partial charge in [0.2, 0.25) is 0 Å². The molecular weight excluding hydrogens is 244 g/mol. The molecule has 0 radical (unpaired) electrons. The molecule has 2 N–H and O–H groups in total. The maximum atomic E-state index is 5.91. The zero-order valence-electron chi connectivity index (χ0n) is 12.4. The summed E-state index contributed by atoms with van der Waals surface area (Å²) in [7, 11) is 0. The first-order valence-corrected chi connectivity index (χ1v) is 8.38. The van der Waals surface area contributed by atoms with E-state index in [4.69, 9.17) is 5.73 Å². The number of nitrogens with zero attached hydrogens (tertiary/aromatic N) is 1. The number of benzene rings is 1. The van der Waals surface area contributed by atoms with Crippen molar-refractivity contribution in [2.45, 2.75) is 57.4 Å². The van der Waals surface area contributed by atoms with E-state index in [9.17, 15) is 0 Å². The lowest BCUT2D eigenvalue weighted by molar-refractivity contribution is -0.0423. The predicted octanol–water partition coefficient (Wildman–Crippen LogP) is 3.91.